The summed E-state index contributed by atoms with van der Waals surface area (Å²) in [5.74, 6) is 1.86. The Morgan fingerprint density at radius 2 is 1.80 bits per heavy atom. The summed E-state index contributed by atoms with van der Waals surface area (Å²) in [6, 6.07) is 9.44. The van der Waals surface area contributed by atoms with Crippen molar-refractivity contribution < 1.29 is 0 Å². The van der Waals surface area contributed by atoms with Crippen LogP contribution in [0.15, 0.2) is 28.7 Å². The van der Waals surface area contributed by atoms with Gasteiger partial charge in [0.15, 0.2) is 0 Å². The first kappa shape index (κ1) is 16.0. The van der Waals surface area contributed by atoms with Crippen LogP contribution >= 0.6 is 15.9 Å². The lowest BCUT2D eigenvalue weighted by Crippen LogP contribution is -2.37. The fraction of sp³-hybridized carbons (Fsp3) is 0.667. The van der Waals surface area contributed by atoms with Crippen molar-refractivity contribution in [2.75, 3.05) is 7.05 Å². The van der Waals surface area contributed by atoms with Gasteiger partial charge in [0, 0.05) is 10.5 Å². The van der Waals surface area contributed by atoms with Crippen molar-refractivity contribution in [3.05, 3.63) is 34.3 Å². The lowest BCUT2D eigenvalue weighted by Gasteiger charge is -2.34. The van der Waals surface area contributed by atoms with E-state index in [1.165, 1.54) is 48.6 Å². The lowest BCUT2D eigenvalue weighted by molar-refractivity contribution is 0.217. The average molecular weight is 338 g/mol. The number of hydrogen-bond donors (Lipinski definition) is 1. The van der Waals surface area contributed by atoms with E-state index < -0.39 is 0 Å². The predicted octanol–water partition coefficient (Wildman–Crippen LogP) is 5.19. The molecule has 112 valence electrons. The summed E-state index contributed by atoms with van der Waals surface area (Å²) in [4.78, 5) is 0. The van der Waals surface area contributed by atoms with Gasteiger partial charge >= 0.3 is 0 Å². The minimum absolute atomic E-state index is 0.638. The molecule has 1 unspecified atom stereocenters. The fourth-order valence-corrected chi connectivity index (χ4v) is 3.93. The molecule has 1 aromatic rings. The Balaban J connectivity index is 1.87. The topological polar surface area (TPSA) is 12.0 Å². The van der Waals surface area contributed by atoms with E-state index in [1.54, 1.807) is 0 Å². The summed E-state index contributed by atoms with van der Waals surface area (Å²) < 4.78 is 1.17. The van der Waals surface area contributed by atoms with Crippen molar-refractivity contribution in [1.82, 2.24) is 5.32 Å². The molecule has 1 aromatic carbocycles. The van der Waals surface area contributed by atoms with Gasteiger partial charge in [0.25, 0.3) is 0 Å². The highest BCUT2D eigenvalue weighted by Gasteiger charge is 2.26. The van der Waals surface area contributed by atoms with Crippen molar-refractivity contribution in [3.63, 3.8) is 0 Å². The van der Waals surface area contributed by atoms with E-state index in [0.717, 1.165) is 18.3 Å². The zero-order valence-electron chi connectivity index (χ0n) is 12.9. The molecular weight excluding hydrogens is 310 g/mol. The molecule has 1 aliphatic carbocycles. The van der Waals surface area contributed by atoms with Crippen molar-refractivity contribution in [2.45, 2.75) is 57.9 Å². The summed E-state index contributed by atoms with van der Waals surface area (Å²) >= 11 is 3.51. The van der Waals surface area contributed by atoms with Gasteiger partial charge in [-0.1, -0.05) is 60.7 Å². The molecule has 2 heteroatoms. The second-order valence-electron chi connectivity index (χ2n) is 6.30. The van der Waals surface area contributed by atoms with E-state index in [4.69, 9.17) is 0 Å². The lowest BCUT2D eigenvalue weighted by atomic mass is 9.76. The molecule has 1 nitrogen and oxygen atoms in total. The van der Waals surface area contributed by atoms with Gasteiger partial charge in [0.05, 0.1) is 0 Å². The van der Waals surface area contributed by atoms with Crippen LogP contribution in [0.2, 0.25) is 0 Å². The normalized spacial score (nSPS) is 24.6. The predicted molar refractivity (Wildman–Crippen MR) is 91.0 cm³/mol. The molecule has 20 heavy (non-hydrogen) atoms. The van der Waals surface area contributed by atoms with Crippen LogP contribution in [0.5, 0.6) is 0 Å². The van der Waals surface area contributed by atoms with E-state index >= 15 is 0 Å². The second kappa shape index (κ2) is 8.19. The average Bonchev–Trinajstić information content (AvgIpc) is 2.48. The standard InChI is InChI=1S/C18H28BrN/c1-3-4-14-5-9-16(10-6-14)18(20-2)13-15-7-11-17(19)12-8-15/h7-8,11-12,14,16,18,20H,3-6,9-10,13H2,1-2H3. The molecule has 0 bridgehead atoms. The van der Waals surface area contributed by atoms with E-state index in [2.05, 4.69) is 59.5 Å². The number of rotatable bonds is 6. The van der Waals surface area contributed by atoms with Crippen LogP contribution < -0.4 is 5.32 Å². The number of nitrogens with one attached hydrogen (secondary N) is 1. The van der Waals surface area contributed by atoms with Crippen molar-refractivity contribution in [2.24, 2.45) is 11.8 Å². The largest absolute Gasteiger partial charge is 0.316 e. The maximum Gasteiger partial charge on any atom is 0.0175 e. The van der Waals surface area contributed by atoms with E-state index in [0.29, 0.717) is 6.04 Å². The molecule has 0 heterocycles. The maximum atomic E-state index is 3.57. The number of benzene rings is 1. The molecule has 1 atom stereocenters. The Hall–Kier alpha value is -0.340. The maximum absolute atomic E-state index is 3.57. The summed E-state index contributed by atoms with van der Waals surface area (Å²) in [7, 11) is 2.13. The minimum Gasteiger partial charge on any atom is -0.316 e. The SMILES string of the molecule is CCCC1CCC(C(Cc2ccc(Br)cc2)NC)CC1. The van der Waals surface area contributed by atoms with Crippen LogP contribution in [0.25, 0.3) is 0 Å². The van der Waals surface area contributed by atoms with Crippen LogP contribution in [0.4, 0.5) is 0 Å². The Morgan fingerprint density at radius 3 is 2.35 bits per heavy atom. The number of likely N-dealkylation sites (N-methyl/N-ethyl adjacent to an activating group) is 1. The van der Waals surface area contributed by atoms with Crippen molar-refractivity contribution in [1.29, 1.82) is 0 Å². The van der Waals surface area contributed by atoms with Crippen LogP contribution in [-0.4, -0.2) is 13.1 Å². The Kier molecular flexibility index (Phi) is 6.57. The first-order valence-electron chi connectivity index (χ1n) is 8.14. The van der Waals surface area contributed by atoms with Gasteiger partial charge in [-0.3, -0.25) is 0 Å². The highest BCUT2D eigenvalue weighted by Crippen LogP contribution is 2.34. The highest BCUT2D eigenvalue weighted by atomic mass is 79.9. The van der Waals surface area contributed by atoms with E-state index in [9.17, 15) is 0 Å². The van der Waals surface area contributed by atoms with Gasteiger partial charge in [-0.05, 0) is 55.8 Å². The molecule has 2 rings (SSSR count). The Labute approximate surface area is 132 Å². The smallest absolute Gasteiger partial charge is 0.0175 e. The van der Waals surface area contributed by atoms with Gasteiger partial charge in [-0.2, -0.15) is 0 Å². The molecule has 0 amide bonds. The highest BCUT2D eigenvalue weighted by molar-refractivity contribution is 9.10. The van der Waals surface area contributed by atoms with Crippen LogP contribution in [0.1, 0.15) is 51.0 Å². The molecule has 0 spiro atoms. The summed E-state index contributed by atoms with van der Waals surface area (Å²) in [5.41, 5.74) is 1.45. The monoisotopic (exact) mass is 337 g/mol. The van der Waals surface area contributed by atoms with Gasteiger partial charge in [0.2, 0.25) is 0 Å². The van der Waals surface area contributed by atoms with E-state index in [1.807, 2.05) is 0 Å². The second-order valence-corrected chi connectivity index (χ2v) is 7.21. The van der Waals surface area contributed by atoms with Crippen LogP contribution in [0.3, 0.4) is 0 Å². The minimum atomic E-state index is 0.638. The number of halogens is 1. The first-order chi connectivity index (χ1) is 9.72. The Morgan fingerprint density at radius 1 is 1.15 bits per heavy atom. The third-order valence-corrected chi connectivity index (χ3v) is 5.43. The summed E-state index contributed by atoms with van der Waals surface area (Å²) in [6.07, 6.45) is 9.65. The van der Waals surface area contributed by atoms with Gasteiger partial charge < -0.3 is 5.32 Å². The van der Waals surface area contributed by atoms with Crippen molar-refractivity contribution in [3.8, 4) is 0 Å². The fourth-order valence-electron chi connectivity index (χ4n) is 3.67. The zero-order chi connectivity index (χ0) is 14.4. The molecule has 1 fully saturated rings. The third-order valence-electron chi connectivity index (χ3n) is 4.90. The van der Waals surface area contributed by atoms with Crippen molar-refractivity contribution >= 4 is 15.9 Å². The zero-order valence-corrected chi connectivity index (χ0v) is 14.5. The Bertz CT molecular complexity index is 379. The molecule has 1 N–H and O–H groups in total. The third kappa shape index (κ3) is 4.60. The van der Waals surface area contributed by atoms with Crippen LogP contribution in [-0.2, 0) is 6.42 Å². The molecule has 0 radical (unpaired) electrons. The first-order valence-corrected chi connectivity index (χ1v) is 8.94. The molecule has 0 aromatic heterocycles. The quantitative estimate of drug-likeness (QED) is 0.753. The molecular formula is C18H28BrN. The van der Waals surface area contributed by atoms with Gasteiger partial charge in [-0.25, -0.2) is 0 Å². The molecule has 0 aliphatic heterocycles. The number of hydrogen-bond acceptors (Lipinski definition) is 1. The molecule has 1 saturated carbocycles. The molecule has 0 saturated heterocycles. The van der Waals surface area contributed by atoms with Gasteiger partial charge in [0.1, 0.15) is 0 Å². The molecule has 1 aliphatic rings. The summed E-state index contributed by atoms with van der Waals surface area (Å²) in [6.45, 7) is 2.32. The summed E-state index contributed by atoms with van der Waals surface area (Å²) in [5, 5.41) is 3.57. The van der Waals surface area contributed by atoms with Crippen LogP contribution in [0, 0.1) is 11.8 Å². The van der Waals surface area contributed by atoms with Gasteiger partial charge in [-0.15, -0.1) is 0 Å². The van der Waals surface area contributed by atoms with E-state index in [-0.39, 0.29) is 0 Å².